The fourth-order valence-corrected chi connectivity index (χ4v) is 3.95. The summed E-state index contributed by atoms with van der Waals surface area (Å²) in [5.74, 6) is 1.28. The largest absolute Gasteiger partial charge is 0.496 e. The van der Waals surface area contributed by atoms with Gasteiger partial charge in [0, 0.05) is 6.04 Å². The third-order valence-corrected chi connectivity index (χ3v) is 6.07. The second-order valence-electron chi connectivity index (χ2n) is 6.61. The van der Waals surface area contributed by atoms with Crippen molar-refractivity contribution in [1.82, 2.24) is 10.0 Å². The lowest BCUT2D eigenvalue weighted by molar-refractivity contribution is -0.123. The number of rotatable bonds is 11. The molecule has 1 amide bonds. The van der Waals surface area contributed by atoms with E-state index in [4.69, 9.17) is 14.2 Å². The minimum atomic E-state index is -3.58. The van der Waals surface area contributed by atoms with Crippen molar-refractivity contribution in [2.75, 3.05) is 20.8 Å². The van der Waals surface area contributed by atoms with E-state index in [1.165, 1.54) is 24.3 Å². The molecule has 30 heavy (non-hydrogen) atoms. The number of ether oxygens (including phenoxy) is 3. The zero-order valence-electron chi connectivity index (χ0n) is 17.6. The number of carbonyl (C=O) groups excluding carboxylic acids is 1. The summed E-state index contributed by atoms with van der Waals surface area (Å²) >= 11 is 0. The molecule has 0 saturated carbocycles. The highest BCUT2D eigenvalue weighted by Crippen LogP contribution is 2.27. The molecule has 2 rings (SSSR count). The normalized spacial score (nSPS) is 12.1. The minimum absolute atomic E-state index is 0.142. The van der Waals surface area contributed by atoms with Crippen molar-refractivity contribution in [3.8, 4) is 17.2 Å². The summed E-state index contributed by atoms with van der Waals surface area (Å²) in [6, 6.07) is 11.1. The van der Waals surface area contributed by atoms with Gasteiger partial charge >= 0.3 is 0 Å². The van der Waals surface area contributed by atoms with Crippen LogP contribution in [0.4, 0.5) is 0 Å². The highest BCUT2D eigenvalue weighted by molar-refractivity contribution is 7.89. The van der Waals surface area contributed by atoms with Gasteiger partial charge < -0.3 is 19.5 Å². The van der Waals surface area contributed by atoms with Gasteiger partial charge in [-0.05, 0) is 49.7 Å². The molecule has 0 heterocycles. The van der Waals surface area contributed by atoms with Crippen molar-refractivity contribution in [3.05, 3.63) is 48.0 Å². The van der Waals surface area contributed by atoms with E-state index >= 15 is 0 Å². The van der Waals surface area contributed by atoms with Crippen molar-refractivity contribution in [1.29, 1.82) is 0 Å². The number of sulfonamides is 1. The molecule has 0 radical (unpaired) electrons. The zero-order valence-corrected chi connectivity index (χ0v) is 18.4. The number of amides is 1. The highest BCUT2D eigenvalue weighted by atomic mass is 32.2. The number of benzene rings is 2. The van der Waals surface area contributed by atoms with E-state index in [-0.39, 0.29) is 30.0 Å². The monoisotopic (exact) mass is 436 g/mol. The highest BCUT2D eigenvalue weighted by Gasteiger charge is 2.16. The average molecular weight is 437 g/mol. The Morgan fingerprint density at radius 2 is 1.63 bits per heavy atom. The van der Waals surface area contributed by atoms with E-state index in [2.05, 4.69) is 10.0 Å². The molecule has 0 fully saturated rings. The Kier molecular flexibility index (Phi) is 8.49. The molecule has 0 aromatic heterocycles. The standard InChI is InChI=1S/C21H28N2O6S/c1-5-15(2)23-30(25,26)17-11-9-16(10-12-17)29-14-21(24)22-13-18-19(27-3)7-6-8-20(18)28-4/h6-12,15,23H,5,13-14H2,1-4H3,(H,22,24)/t15-/m1/s1. The third-order valence-electron chi connectivity index (χ3n) is 4.46. The van der Waals surface area contributed by atoms with Crippen molar-refractivity contribution < 1.29 is 27.4 Å². The van der Waals surface area contributed by atoms with Gasteiger partial charge in [-0.1, -0.05) is 13.0 Å². The van der Waals surface area contributed by atoms with Gasteiger partial charge in [0.25, 0.3) is 5.91 Å². The molecule has 0 aliphatic rings. The third kappa shape index (κ3) is 6.36. The molecule has 164 valence electrons. The lowest BCUT2D eigenvalue weighted by atomic mass is 10.1. The Hall–Kier alpha value is -2.78. The van der Waals surface area contributed by atoms with Crippen molar-refractivity contribution in [3.63, 3.8) is 0 Å². The van der Waals surface area contributed by atoms with E-state index in [1.807, 2.05) is 6.92 Å². The molecule has 9 heteroatoms. The molecule has 2 N–H and O–H groups in total. The van der Waals surface area contributed by atoms with Crippen LogP contribution in [0.1, 0.15) is 25.8 Å². The summed E-state index contributed by atoms with van der Waals surface area (Å²) in [7, 11) is -0.487. The predicted molar refractivity (Wildman–Crippen MR) is 113 cm³/mol. The Morgan fingerprint density at radius 3 is 2.17 bits per heavy atom. The maximum Gasteiger partial charge on any atom is 0.258 e. The topological polar surface area (TPSA) is 103 Å². The average Bonchev–Trinajstić information content (AvgIpc) is 2.75. The molecule has 0 unspecified atom stereocenters. The number of hydrogen-bond acceptors (Lipinski definition) is 6. The van der Waals surface area contributed by atoms with E-state index < -0.39 is 10.0 Å². The molecule has 1 atom stereocenters. The van der Waals surface area contributed by atoms with Gasteiger partial charge in [-0.2, -0.15) is 0 Å². The van der Waals surface area contributed by atoms with Crippen molar-refractivity contribution in [2.24, 2.45) is 0 Å². The maximum absolute atomic E-state index is 12.3. The summed E-state index contributed by atoms with van der Waals surface area (Å²) in [5, 5.41) is 2.75. The second-order valence-corrected chi connectivity index (χ2v) is 8.32. The molecule has 0 aliphatic carbocycles. The van der Waals surface area contributed by atoms with Gasteiger partial charge in [0.1, 0.15) is 17.2 Å². The number of hydrogen-bond donors (Lipinski definition) is 2. The molecule has 2 aromatic carbocycles. The fourth-order valence-electron chi connectivity index (χ4n) is 2.62. The summed E-state index contributed by atoms with van der Waals surface area (Å²) in [6.07, 6.45) is 0.691. The Labute approximate surface area is 177 Å². The first-order valence-corrected chi connectivity index (χ1v) is 11.0. The van der Waals surface area contributed by atoms with Gasteiger partial charge in [0.15, 0.2) is 6.61 Å². The van der Waals surface area contributed by atoms with Crippen LogP contribution in [-0.2, 0) is 21.4 Å². The van der Waals surface area contributed by atoms with Gasteiger partial charge in [-0.15, -0.1) is 0 Å². The maximum atomic E-state index is 12.3. The molecule has 0 bridgehead atoms. The van der Waals surface area contributed by atoms with Crippen molar-refractivity contribution >= 4 is 15.9 Å². The Bertz CT molecular complexity index is 922. The summed E-state index contributed by atoms with van der Waals surface area (Å²) in [6.45, 7) is 3.70. The van der Waals surface area contributed by atoms with E-state index in [0.717, 1.165) is 5.56 Å². The number of nitrogens with one attached hydrogen (secondary N) is 2. The molecule has 2 aromatic rings. The number of carbonyl (C=O) groups is 1. The fraction of sp³-hybridized carbons (Fsp3) is 0.381. The molecule has 0 spiro atoms. The summed E-state index contributed by atoms with van der Waals surface area (Å²) < 4.78 is 43.2. The van der Waals surface area contributed by atoms with Crippen LogP contribution in [0.3, 0.4) is 0 Å². The molecule has 0 aliphatic heterocycles. The van der Waals surface area contributed by atoms with Crippen LogP contribution in [0.5, 0.6) is 17.2 Å². The molecular weight excluding hydrogens is 408 g/mol. The molecular formula is C21H28N2O6S. The molecule has 8 nitrogen and oxygen atoms in total. The zero-order chi connectivity index (χ0) is 22.1. The number of methoxy groups -OCH3 is 2. The first kappa shape index (κ1) is 23.5. The SMILES string of the molecule is CC[C@@H](C)NS(=O)(=O)c1ccc(OCC(=O)NCc2c(OC)cccc2OC)cc1. The second kappa shape index (κ2) is 10.8. The van der Waals surface area contributed by atoms with Gasteiger partial charge in [-0.3, -0.25) is 4.79 Å². The minimum Gasteiger partial charge on any atom is -0.496 e. The quantitative estimate of drug-likeness (QED) is 0.561. The first-order valence-electron chi connectivity index (χ1n) is 9.52. The molecule has 0 saturated heterocycles. The van der Waals surface area contributed by atoms with Crippen LogP contribution in [0.2, 0.25) is 0 Å². The summed E-state index contributed by atoms with van der Waals surface area (Å²) in [5.41, 5.74) is 0.721. The Balaban J connectivity index is 1.91. The van der Waals surface area contributed by atoms with Gasteiger partial charge in [-0.25, -0.2) is 13.1 Å². The van der Waals surface area contributed by atoms with Crippen LogP contribution >= 0.6 is 0 Å². The van der Waals surface area contributed by atoms with Crippen LogP contribution < -0.4 is 24.2 Å². The first-order chi connectivity index (χ1) is 14.3. The van der Waals surface area contributed by atoms with Gasteiger partial charge in [0.05, 0.1) is 31.2 Å². The summed E-state index contributed by atoms with van der Waals surface area (Å²) in [4.78, 5) is 12.3. The predicted octanol–water partition coefficient (Wildman–Crippen LogP) is 2.48. The van der Waals surface area contributed by atoms with Crippen LogP contribution in [0.15, 0.2) is 47.4 Å². The van der Waals surface area contributed by atoms with Gasteiger partial charge in [0.2, 0.25) is 10.0 Å². The van der Waals surface area contributed by atoms with Crippen LogP contribution in [0.25, 0.3) is 0 Å². The van der Waals surface area contributed by atoms with E-state index in [0.29, 0.717) is 23.7 Å². The smallest absolute Gasteiger partial charge is 0.258 e. The van der Waals surface area contributed by atoms with Crippen LogP contribution in [0, 0.1) is 0 Å². The lowest BCUT2D eigenvalue weighted by Crippen LogP contribution is -2.32. The van der Waals surface area contributed by atoms with Crippen molar-refractivity contribution in [2.45, 2.75) is 37.8 Å². The lowest BCUT2D eigenvalue weighted by Gasteiger charge is -2.14. The van der Waals surface area contributed by atoms with Crippen LogP contribution in [-0.4, -0.2) is 41.2 Å². The van der Waals surface area contributed by atoms with E-state index in [9.17, 15) is 13.2 Å². The Morgan fingerprint density at radius 1 is 1.03 bits per heavy atom. The van der Waals surface area contributed by atoms with E-state index in [1.54, 1.807) is 39.3 Å².